The Bertz CT molecular complexity index is 787. The maximum atomic E-state index is 12.0. The lowest BCUT2D eigenvalue weighted by Crippen LogP contribution is -2.31. The molecule has 144 valence electrons. The van der Waals surface area contributed by atoms with Crippen LogP contribution in [0, 0.1) is 0 Å². The molecular formula is C20H19BrCl2O4. The van der Waals surface area contributed by atoms with E-state index in [1.54, 1.807) is 18.2 Å². The van der Waals surface area contributed by atoms with Crippen LogP contribution in [0.5, 0.6) is 0 Å². The summed E-state index contributed by atoms with van der Waals surface area (Å²) < 4.78 is 17.3. The molecule has 0 saturated carbocycles. The van der Waals surface area contributed by atoms with E-state index in [-0.39, 0.29) is 18.7 Å². The first-order chi connectivity index (χ1) is 13.0. The number of hydrogen-bond donors (Lipinski definition) is 0. The predicted molar refractivity (Wildman–Crippen MR) is 108 cm³/mol. The minimum Gasteiger partial charge on any atom is -0.463 e. The van der Waals surface area contributed by atoms with Gasteiger partial charge in [0.2, 0.25) is 5.79 Å². The second-order valence-corrected chi connectivity index (χ2v) is 7.63. The van der Waals surface area contributed by atoms with Gasteiger partial charge in [-0.1, -0.05) is 75.5 Å². The number of benzene rings is 2. The number of aryl methyl sites for hydroxylation is 1. The Kier molecular flexibility index (Phi) is 7.17. The molecule has 0 bridgehead atoms. The molecule has 4 nitrogen and oxygen atoms in total. The molecule has 1 fully saturated rings. The number of esters is 1. The third-order valence-corrected chi connectivity index (χ3v) is 5.55. The first-order valence-corrected chi connectivity index (χ1v) is 10.4. The standard InChI is InChI=1S/C20H19BrCl2O4/c21-13-20(17-8-7-15(22)10-18(17)23)26-12-16(27-20)11-25-19(24)9-6-14-4-2-1-3-5-14/h1-5,7-8,10,16H,6,9,11-13H2/t16-,20-/m1/s1. The third kappa shape index (κ3) is 5.24. The van der Waals surface area contributed by atoms with Crippen molar-refractivity contribution < 1.29 is 19.0 Å². The van der Waals surface area contributed by atoms with Crippen LogP contribution in [0.3, 0.4) is 0 Å². The van der Waals surface area contributed by atoms with Gasteiger partial charge >= 0.3 is 5.97 Å². The van der Waals surface area contributed by atoms with Gasteiger partial charge in [0.15, 0.2) is 0 Å². The molecule has 27 heavy (non-hydrogen) atoms. The molecule has 1 aliphatic heterocycles. The first kappa shape index (κ1) is 20.6. The van der Waals surface area contributed by atoms with Crippen LogP contribution in [-0.2, 0) is 31.2 Å². The van der Waals surface area contributed by atoms with Gasteiger partial charge < -0.3 is 14.2 Å². The molecular weight excluding hydrogens is 455 g/mol. The van der Waals surface area contributed by atoms with Crippen molar-refractivity contribution in [2.75, 3.05) is 18.5 Å². The molecule has 0 radical (unpaired) electrons. The van der Waals surface area contributed by atoms with Gasteiger partial charge in [0, 0.05) is 17.0 Å². The molecule has 0 aromatic heterocycles. The van der Waals surface area contributed by atoms with Crippen molar-refractivity contribution in [3.05, 3.63) is 69.7 Å². The Hall–Kier alpha value is -1.11. The van der Waals surface area contributed by atoms with Crippen molar-refractivity contribution in [1.29, 1.82) is 0 Å². The van der Waals surface area contributed by atoms with Crippen molar-refractivity contribution in [3.63, 3.8) is 0 Å². The highest BCUT2D eigenvalue weighted by atomic mass is 79.9. The summed E-state index contributed by atoms with van der Waals surface area (Å²) in [5.74, 6) is -1.29. The van der Waals surface area contributed by atoms with Gasteiger partial charge in [0.1, 0.15) is 12.7 Å². The van der Waals surface area contributed by atoms with Crippen molar-refractivity contribution in [3.8, 4) is 0 Å². The van der Waals surface area contributed by atoms with Gasteiger partial charge in [-0.25, -0.2) is 0 Å². The average Bonchev–Trinajstić information content (AvgIpc) is 3.10. The van der Waals surface area contributed by atoms with E-state index in [0.717, 1.165) is 5.56 Å². The highest BCUT2D eigenvalue weighted by molar-refractivity contribution is 9.09. The van der Waals surface area contributed by atoms with Gasteiger partial charge in [-0.05, 0) is 24.1 Å². The van der Waals surface area contributed by atoms with E-state index in [2.05, 4.69) is 15.9 Å². The van der Waals surface area contributed by atoms with Gasteiger partial charge in [-0.15, -0.1) is 0 Å². The van der Waals surface area contributed by atoms with Crippen molar-refractivity contribution in [1.82, 2.24) is 0 Å². The number of ether oxygens (including phenoxy) is 3. The maximum Gasteiger partial charge on any atom is 0.306 e. The smallest absolute Gasteiger partial charge is 0.306 e. The SMILES string of the molecule is O=C(CCc1ccccc1)OC[C@@H]1CO[C@@](CBr)(c2ccc(Cl)cc2Cl)O1. The fraction of sp³-hybridized carbons (Fsp3) is 0.350. The van der Waals surface area contributed by atoms with Crippen LogP contribution in [0.1, 0.15) is 17.5 Å². The van der Waals surface area contributed by atoms with Crippen molar-refractivity contribution in [2.24, 2.45) is 0 Å². The highest BCUT2D eigenvalue weighted by Gasteiger charge is 2.44. The molecule has 7 heteroatoms. The van der Waals surface area contributed by atoms with Crippen LogP contribution < -0.4 is 0 Å². The van der Waals surface area contributed by atoms with Crippen molar-refractivity contribution >= 4 is 45.1 Å². The number of rotatable bonds is 7. The summed E-state index contributed by atoms with van der Waals surface area (Å²) in [7, 11) is 0. The summed E-state index contributed by atoms with van der Waals surface area (Å²) >= 11 is 15.7. The Morgan fingerprint density at radius 3 is 2.70 bits per heavy atom. The molecule has 0 spiro atoms. The quantitative estimate of drug-likeness (QED) is 0.413. The second kappa shape index (κ2) is 9.39. The lowest BCUT2D eigenvalue weighted by Gasteiger charge is -2.27. The lowest BCUT2D eigenvalue weighted by molar-refractivity contribution is -0.168. The summed E-state index contributed by atoms with van der Waals surface area (Å²) in [5.41, 5.74) is 1.79. The normalized spacial score (nSPS) is 22.0. The zero-order valence-corrected chi connectivity index (χ0v) is 17.6. The summed E-state index contributed by atoms with van der Waals surface area (Å²) in [6.07, 6.45) is 0.604. The monoisotopic (exact) mass is 472 g/mol. The fourth-order valence-electron chi connectivity index (χ4n) is 2.88. The van der Waals surface area contributed by atoms with E-state index in [0.29, 0.717) is 40.4 Å². The molecule has 2 aromatic carbocycles. The number of carbonyl (C=O) groups is 1. The second-order valence-electron chi connectivity index (χ2n) is 6.23. The number of alkyl halides is 1. The van der Waals surface area contributed by atoms with E-state index in [4.69, 9.17) is 37.4 Å². The minimum atomic E-state index is -1.03. The molecule has 0 unspecified atom stereocenters. The maximum absolute atomic E-state index is 12.0. The molecule has 0 amide bonds. The predicted octanol–water partition coefficient (Wildman–Crippen LogP) is 5.13. The molecule has 1 aliphatic rings. The van der Waals surface area contributed by atoms with E-state index in [9.17, 15) is 4.79 Å². The zero-order chi connectivity index (χ0) is 19.3. The van der Waals surface area contributed by atoms with Crippen LogP contribution in [-0.4, -0.2) is 30.6 Å². The van der Waals surface area contributed by atoms with Gasteiger partial charge in [0.25, 0.3) is 0 Å². The third-order valence-electron chi connectivity index (χ3n) is 4.27. The average molecular weight is 474 g/mol. The number of hydrogen-bond acceptors (Lipinski definition) is 4. The van der Waals surface area contributed by atoms with E-state index in [1.807, 2.05) is 30.3 Å². The Morgan fingerprint density at radius 2 is 2.00 bits per heavy atom. The van der Waals surface area contributed by atoms with Crippen molar-refractivity contribution in [2.45, 2.75) is 24.7 Å². The molecule has 2 atom stereocenters. The van der Waals surface area contributed by atoms with Gasteiger partial charge in [0.05, 0.1) is 17.0 Å². The summed E-state index contributed by atoms with van der Waals surface area (Å²) in [5, 5.41) is 1.39. The number of carbonyl (C=O) groups excluding carboxylic acids is 1. The lowest BCUT2D eigenvalue weighted by atomic mass is 10.1. The minimum absolute atomic E-state index is 0.133. The van der Waals surface area contributed by atoms with Crippen LogP contribution in [0.15, 0.2) is 48.5 Å². The van der Waals surface area contributed by atoms with Gasteiger partial charge in [-0.2, -0.15) is 0 Å². The Morgan fingerprint density at radius 1 is 1.22 bits per heavy atom. The largest absolute Gasteiger partial charge is 0.463 e. The van der Waals surface area contributed by atoms with E-state index >= 15 is 0 Å². The molecule has 1 saturated heterocycles. The zero-order valence-electron chi connectivity index (χ0n) is 14.5. The van der Waals surface area contributed by atoms with E-state index < -0.39 is 5.79 Å². The molecule has 0 N–H and O–H groups in total. The summed E-state index contributed by atoms with van der Waals surface area (Å²) in [6, 6.07) is 15.0. The number of halogens is 3. The van der Waals surface area contributed by atoms with E-state index in [1.165, 1.54) is 0 Å². The molecule has 3 rings (SSSR count). The Balaban J connectivity index is 1.53. The van der Waals surface area contributed by atoms with Crippen LogP contribution in [0.2, 0.25) is 10.0 Å². The van der Waals surface area contributed by atoms with Gasteiger partial charge in [-0.3, -0.25) is 4.79 Å². The van der Waals surface area contributed by atoms with Crippen LogP contribution in [0.4, 0.5) is 0 Å². The first-order valence-electron chi connectivity index (χ1n) is 8.55. The summed E-state index contributed by atoms with van der Waals surface area (Å²) in [4.78, 5) is 12.0. The highest BCUT2D eigenvalue weighted by Crippen LogP contribution is 2.40. The Labute approximate surface area is 176 Å². The molecule has 0 aliphatic carbocycles. The fourth-order valence-corrected chi connectivity index (χ4v) is 4.03. The van der Waals surface area contributed by atoms with Crippen LogP contribution in [0.25, 0.3) is 0 Å². The topological polar surface area (TPSA) is 44.8 Å². The summed E-state index contributed by atoms with van der Waals surface area (Å²) in [6.45, 7) is 0.435. The van der Waals surface area contributed by atoms with Crippen LogP contribution >= 0.6 is 39.1 Å². The molecule has 2 aromatic rings. The molecule has 1 heterocycles.